The van der Waals surface area contributed by atoms with Crippen molar-refractivity contribution >= 4 is 27.5 Å². The summed E-state index contributed by atoms with van der Waals surface area (Å²) in [5, 5.41) is 10.0. The highest BCUT2D eigenvalue weighted by molar-refractivity contribution is 9.10. The highest BCUT2D eigenvalue weighted by Gasteiger charge is 2.24. The number of aliphatic hydroxyl groups excluding tert-OH is 1. The van der Waals surface area contributed by atoms with Gasteiger partial charge in [0.15, 0.2) is 0 Å². The molecule has 1 N–H and O–H groups in total. The second kappa shape index (κ2) is 5.50. The third-order valence-electron chi connectivity index (χ3n) is 3.09. The van der Waals surface area contributed by atoms with E-state index in [1.54, 1.807) is 0 Å². The maximum absolute atomic E-state index is 9.26. The fraction of sp³-hybridized carbons (Fsp3) is 0.500. The lowest BCUT2D eigenvalue weighted by molar-refractivity contribution is 0.153. The van der Waals surface area contributed by atoms with Crippen LogP contribution in [0.1, 0.15) is 18.4 Å². The highest BCUT2D eigenvalue weighted by Crippen LogP contribution is 2.26. The zero-order valence-electron chi connectivity index (χ0n) is 9.00. The number of rotatable bonds is 3. The lowest BCUT2D eigenvalue weighted by Gasteiger charge is -2.23. The van der Waals surface area contributed by atoms with Crippen molar-refractivity contribution in [1.29, 1.82) is 0 Å². The molecule has 1 aromatic carbocycles. The average Bonchev–Trinajstić information content (AvgIpc) is 2.71. The number of aliphatic hydroxyl groups is 1. The number of hydrogen-bond donors (Lipinski definition) is 1. The van der Waals surface area contributed by atoms with Crippen LogP contribution in [0, 0.1) is 0 Å². The van der Waals surface area contributed by atoms with Gasteiger partial charge in [-0.3, -0.25) is 4.90 Å². The Kier molecular flexibility index (Phi) is 4.25. The molecule has 1 saturated heterocycles. The monoisotopic (exact) mass is 303 g/mol. The van der Waals surface area contributed by atoms with Crippen LogP contribution in [0.15, 0.2) is 22.7 Å². The Bertz CT molecular complexity index is 372. The van der Waals surface area contributed by atoms with Gasteiger partial charge in [0, 0.05) is 22.1 Å². The van der Waals surface area contributed by atoms with E-state index < -0.39 is 0 Å². The second-order valence-corrected chi connectivity index (χ2v) is 5.48. The molecule has 16 heavy (non-hydrogen) atoms. The molecule has 0 amide bonds. The van der Waals surface area contributed by atoms with Gasteiger partial charge in [-0.15, -0.1) is 0 Å². The number of halogens is 2. The van der Waals surface area contributed by atoms with Crippen LogP contribution in [-0.4, -0.2) is 29.2 Å². The van der Waals surface area contributed by atoms with Gasteiger partial charge in [0.05, 0.1) is 6.61 Å². The Balaban J connectivity index is 2.11. The molecule has 1 unspecified atom stereocenters. The summed E-state index contributed by atoms with van der Waals surface area (Å²) >= 11 is 9.52. The molecule has 1 heterocycles. The Labute approximate surface area is 109 Å². The molecule has 1 aliphatic heterocycles. The van der Waals surface area contributed by atoms with Crippen LogP contribution in [0.5, 0.6) is 0 Å². The van der Waals surface area contributed by atoms with E-state index in [4.69, 9.17) is 11.6 Å². The van der Waals surface area contributed by atoms with Gasteiger partial charge in [-0.25, -0.2) is 0 Å². The molecule has 0 aromatic heterocycles. The van der Waals surface area contributed by atoms with Crippen LogP contribution in [0.25, 0.3) is 0 Å². The van der Waals surface area contributed by atoms with Crippen molar-refractivity contribution in [3.05, 3.63) is 33.3 Å². The summed E-state index contributed by atoms with van der Waals surface area (Å²) in [5.74, 6) is 0. The van der Waals surface area contributed by atoms with Crippen LogP contribution in [0.2, 0.25) is 5.02 Å². The van der Waals surface area contributed by atoms with E-state index in [1.807, 2.05) is 18.2 Å². The van der Waals surface area contributed by atoms with Gasteiger partial charge in [0.1, 0.15) is 0 Å². The van der Waals surface area contributed by atoms with Gasteiger partial charge in [0.2, 0.25) is 0 Å². The lowest BCUT2D eigenvalue weighted by atomic mass is 10.2. The minimum absolute atomic E-state index is 0.248. The first kappa shape index (κ1) is 12.4. The Morgan fingerprint density at radius 2 is 2.31 bits per heavy atom. The van der Waals surface area contributed by atoms with Gasteiger partial charge >= 0.3 is 0 Å². The van der Waals surface area contributed by atoms with E-state index in [1.165, 1.54) is 12.0 Å². The molecular weight excluding hydrogens is 289 g/mol. The van der Waals surface area contributed by atoms with Crippen molar-refractivity contribution in [3.63, 3.8) is 0 Å². The van der Waals surface area contributed by atoms with Crippen LogP contribution in [0.3, 0.4) is 0 Å². The zero-order chi connectivity index (χ0) is 11.5. The van der Waals surface area contributed by atoms with Crippen molar-refractivity contribution in [3.8, 4) is 0 Å². The molecule has 0 aliphatic carbocycles. The number of nitrogens with zero attached hydrogens (tertiary/aromatic N) is 1. The van der Waals surface area contributed by atoms with Gasteiger partial charge in [0.25, 0.3) is 0 Å². The summed E-state index contributed by atoms with van der Waals surface area (Å²) in [6.07, 6.45) is 2.26. The van der Waals surface area contributed by atoms with E-state index in [0.29, 0.717) is 6.04 Å². The lowest BCUT2D eigenvalue weighted by Crippen LogP contribution is -2.31. The minimum atomic E-state index is 0.248. The Hall–Kier alpha value is -0.0900. The maximum Gasteiger partial charge on any atom is 0.0587 e. The van der Waals surface area contributed by atoms with Crippen LogP contribution in [0.4, 0.5) is 0 Å². The summed E-state index contributed by atoms with van der Waals surface area (Å²) < 4.78 is 1.08. The Morgan fingerprint density at radius 3 is 3.06 bits per heavy atom. The fourth-order valence-corrected chi connectivity index (χ4v) is 2.76. The molecule has 88 valence electrons. The molecule has 2 rings (SSSR count). The molecule has 0 radical (unpaired) electrons. The first-order valence-electron chi connectivity index (χ1n) is 5.49. The van der Waals surface area contributed by atoms with Gasteiger partial charge in [-0.2, -0.15) is 0 Å². The number of benzene rings is 1. The average molecular weight is 305 g/mol. The topological polar surface area (TPSA) is 23.5 Å². The largest absolute Gasteiger partial charge is 0.395 e. The number of likely N-dealkylation sites (tertiary alicyclic amines) is 1. The van der Waals surface area contributed by atoms with Crippen LogP contribution < -0.4 is 0 Å². The Morgan fingerprint density at radius 1 is 1.50 bits per heavy atom. The summed E-state index contributed by atoms with van der Waals surface area (Å²) in [6, 6.07) is 6.15. The van der Waals surface area contributed by atoms with Gasteiger partial charge in [-0.05, 0) is 43.1 Å². The molecule has 4 heteroatoms. The molecular formula is C12H15BrClNO. The summed E-state index contributed by atoms with van der Waals surface area (Å²) in [6.45, 7) is 2.16. The fourth-order valence-electron chi connectivity index (χ4n) is 2.19. The molecule has 1 aromatic rings. The van der Waals surface area contributed by atoms with E-state index in [2.05, 4.69) is 20.8 Å². The standard InChI is InChI=1S/C12H15BrClNO/c13-12-4-3-10(14)6-9(12)7-15-5-1-2-11(15)8-16/h3-4,6,11,16H,1-2,5,7-8H2. The summed E-state index contributed by atoms with van der Waals surface area (Å²) in [5.41, 5.74) is 1.19. The first-order valence-corrected chi connectivity index (χ1v) is 6.66. The zero-order valence-corrected chi connectivity index (χ0v) is 11.3. The summed E-state index contributed by atoms with van der Waals surface area (Å²) in [4.78, 5) is 2.32. The third-order valence-corrected chi connectivity index (χ3v) is 4.10. The van der Waals surface area contributed by atoms with Gasteiger partial charge < -0.3 is 5.11 Å². The minimum Gasteiger partial charge on any atom is -0.395 e. The molecule has 0 spiro atoms. The maximum atomic E-state index is 9.26. The predicted molar refractivity (Wildman–Crippen MR) is 69.7 cm³/mol. The quantitative estimate of drug-likeness (QED) is 0.928. The van der Waals surface area contributed by atoms with E-state index in [9.17, 15) is 5.11 Å². The molecule has 1 atom stereocenters. The molecule has 1 aliphatic rings. The van der Waals surface area contributed by atoms with Crippen molar-refractivity contribution < 1.29 is 5.11 Å². The van der Waals surface area contributed by atoms with E-state index in [-0.39, 0.29) is 6.61 Å². The number of hydrogen-bond acceptors (Lipinski definition) is 2. The molecule has 0 bridgehead atoms. The highest BCUT2D eigenvalue weighted by atomic mass is 79.9. The van der Waals surface area contributed by atoms with Crippen molar-refractivity contribution in [1.82, 2.24) is 4.90 Å². The molecule has 2 nitrogen and oxygen atoms in total. The van der Waals surface area contributed by atoms with E-state index >= 15 is 0 Å². The van der Waals surface area contributed by atoms with Crippen LogP contribution in [-0.2, 0) is 6.54 Å². The van der Waals surface area contributed by atoms with Crippen molar-refractivity contribution in [2.75, 3.05) is 13.2 Å². The van der Waals surface area contributed by atoms with E-state index in [0.717, 1.165) is 29.0 Å². The van der Waals surface area contributed by atoms with Gasteiger partial charge in [-0.1, -0.05) is 27.5 Å². The van der Waals surface area contributed by atoms with Crippen molar-refractivity contribution in [2.24, 2.45) is 0 Å². The second-order valence-electron chi connectivity index (χ2n) is 4.18. The molecule has 1 fully saturated rings. The summed E-state index contributed by atoms with van der Waals surface area (Å²) in [7, 11) is 0. The predicted octanol–water partition coefficient (Wildman–Crippen LogP) is 3.06. The normalized spacial score (nSPS) is 21.6. The third kappa shape index (κ3) is 2.77. The van der Waals surface area contributed by atoms with Crippen molar-refractivity contribution in [2.45, 2.75) is 25.4 Å². The first-order chi connectivity index (χ1) is 7.70. The SMILES string of the molecule is OCC1CCCN1Cc1cc(Cl)ccc1Br. The molecule has 0 saturated carbocycles. The van der Waals surface area contributed by atoms with Crippen LogP contribution >= 0.6 is 27.5 Å². The smallest absolute Gasteiger partial charge is 0.0587 e.